The Hall–Kier alpha value is -1.25. The number of hydrogen-bond donors (Lipinski definition) is 0. The molecule has 0 unspecified atom stereocenters. The molecule has 1 fully saturated rings. The number of allylic oxidation sites excluding steroid dienone is 1. The van der Waals surface area contributed by atoms with E-state index >= 15 is 0 Å². The van der Waals surface area contributed by atoms with Crippen molar-refractivity contribution in [3.63, 3.8) is 0 Å². The maximum atomic E-state index is 13.1. The zero-order chi connectivity index (χ0) is 17.4. The van der Waals surface area contributed by atoms with Crippen LogP contribution in [0, 0.1) is 29.3 Å². The molecule has 24 heavy (non-hydrogen) atoms. The van der Waals surface area contributed by atoms with Gasteiger partial charge in [0.15, 0.2) is 17.5 Å². The number of rotatable bonds is 8. The van der Waals surface area contributed by atoms with E-state index in [2.05, 4.69) is 6.92 Å². The summed E-state index contributed by atoms with van der Waals surface area (Å²) in [5.41, 5.74) is 0.381. The van der Waals surface area contributed by atoms with Crippen LogP contribution in [-0.4, -0.2) is 0 Å². The molecule has 2 rings (SSSR count). The van der Waals surface area contributed by atoms with E-state index in [9.17, 15) is 13.2 Å². The topological polar surface area (TPSA) is 0 Å². The molecular formula is C21H29F3. The first-order valence-corrected chi connectivity index (χ1v) is 9.41. The van der Waals surface area contributed by atoms with Gasteiger partial charge in [0.25, 0.3) is 0 Å². The van der Waals surface area contributed by atoms with Gasteiger partial charge in [0, 0.05) is 0 Å². The van der Waals surface area contributed by atoms with E-state index in [4.69, 9.17) is 0 Å². The van der Waals surface area contributed by atoms with Crippen molar-refractivity contribution in [2.75, 3.05) is 0 Å². The van der Waals surface area contributed by atoms with Crippen LogP contribution in [-0.2, 0) is 0 Å². The fourth-order valence-corrected chi connectivity index (χ4v) is 3.71. The molecule has 0 aliphatic heterocycles. The summed E-state index contributed by atoms with van der Waals surface area (Å²) in [4.78, 5) is 0. The van der Waals surface area contributed by atoms with Crippen LogP contribution in [0.5, 0.6) is 0 Å². The number of benzene rings is 1. The molecule has 3 heteroatoms. The van der Waals surface area contributed by atoms with Gasteiger partial charge in [-0.25, -0.2) is 13.2 Å². The maximum Gasteiger partial charge on any atom is 0.194 e. The molecule has 0 atom stereocenters. The normalized spacial score (nSPS) is 21.5. The van der Waals surface area contributed by atoms with Gasteiger partial charge < -0.3 is 0 Å². The van der Waals surface area contributed by atoms with E-state index in [1.54, 1.807) is 6.08 Å². The third-order valence-electron chi connectivity index (χ3n) is 5.24. The molecular weight excluding hydrogens is 309 g/mol. The van der Waals surface area contributed by atoms with Crippen LogP contribution >= 0.6 is 0 Å². The van der Waals surface area contributed by atoms with Gasteiger partial charge in [-0.1, -0.05) is 70.4 Å². The molecule has 134 valence electrons. The van der Waals surface area contributed by atoms with E-state index in [1.807, 2.05) is 6.08 Å². The Kier molecular flexibility index (Phi) is 7.87. The average Bonchev–Trinajstić information content (AvgIpc) is 2.58. The maximum absolute atomic E-state index is 13.1. The van der Waals surface area contributed by atoms with Crippen molar-refractivity contribution in [2.24, 2.45) is 11.8 Å². The van der Waals surface area contributed by atoms with Gasteiger partial charge in [-0.2, -0.15) is 0 Å². The number of halogens is 3. The highest BCUT2D eigenvalue weighted by molar-refractivity contribution is 5.49. The second-order valence-corrected chi connectivity index (χ2v) is 7.16. The Morgan fingerprint density at radius 1 is 0.917 bits per heavy atom. The quantitative estimate of drug-likeness (QED) is 0.345. The van der Waals surface area contributed by atoms with Crippen LogP contribution in [0.25, 0.3) is 6.08 Å². The monoisotopic (exact) mass is 338 g/mol. The minimum atomic E-state index is -1.40. The second kappa shape index (κ2) is 9.90. The van der Waals surface area contributed by atoms with Gasteiger partial charge in [-0.05, 0) is 42.4 Å². The highest BCUT2D eigenvalue weighted by Gasteiger charge is 2.20. The van der Waals surface area contributed by atoms with Gasteiger partial charge in [0.05, 0.1) is 0 Å². The van der Waals surface area contributed by atoms with Gasteiger partial charge in [0.2, 0.25) is 0 Å². The molecule has 0 bridgehead atoms. The summed E-state index contributed by atoms with van der Waals surface area (Å²) in [6.45, 7) is 2.25. The van der Waals surface area contributed by atoms with E-state index in [0.717, 1.165) is 36.8 Å². The van der Waals surface area contributed by atoms with E-state index in [-0.39, 0.29) is 0 Å². The van der Waals surface area contributed by atoms with Crippen molar-refractivity contribution in [3.05, 3.63) is 41.2 Å². The Bertz CT molecular complexity index is 505. The lowest BCUT2D eigenvalue weighted by Gasteiger charge is -2.28. The van der Waals surface area contributed by atoms with Gasteiger partial charge in [-0.3, -0.25) is 0 Å². The van der Waals surface area contributed by atoms with Crippen molar-refractivity contribution < 1.29 is 13.2 Å². The predicted molar refractivity (Wildman–Crippen MR) is 94.2 cm³/mol. The molecule has 1 saturated carbocycles. The third-order valence-corrected chi connectivity index (χ3v) is 5.24. The van der Waals surface area contributed by atoms with E-state index in [0.29, 0.717) is 5.56 Å². The molecule has 0 amide bonds. The molecule has 1 aliphatic rings. The van der Waals surface area contributed by atoms with Crippen molar-refractivity contribution in [1.82, 2.24) is 0 Å². The summed E-state index contributed by atoms with van der Waals surface area (Å²) >= 11 is 0. The first-order valence-electron chi connectivity index (χ1n) is 9.41. The average molecular weight is 338 g/mol. The largest absolute Gasteiger partial charge is 0.204 e. The van der Waals surface area contributed by atoms with Gasteiger partial charge in [0.1, 0.15) is 0 Å². The van der Waals surface area contributed by atoms with Crippen LogP contribution in [0.3, 0.4) is 0 Å². The summed E-state index contributed by atoms with van der Waals surface area (Å²) in [6.07, 6.45) is 16.4. The molecule has 0 heterocycles. The molecule has 0 saturated heterocycles. The molecule has 0 nitrogen and oxygen atoms in total. The zero-order valence-electron chi connectivity index (χ0n) is 14.7. The van der Waals surface area contributed by atoms with Gasteiger partial charge >= 0.3 is 0 Å². The highest BCUT2D eigenvalue weighted by atomic mass is 19.2. The summed E-state index contributed by atoms with van der Waals surface area (Å²) in [5.74, 6) is -1.96. The molecule has 0 radical (unpaired) electrons. The Labute approximate surface area is 144 Å². The summed E-state index contributed by atoms with van der Waals surface area (Å²) in [5, 5.41) is 0. The Morgan fingerprint density at radius 3 is 2.08 bits per heavy atom. The molecule has 1 aliphatic carbocycles. The molecule has 0 N–H and O–H groups in total. The van der Waals surface area contributed by atoms with Crippen molar-refractivity contribution in [2.45, 2.75) is 71.1 Å². The molecule has 0 spiro atoms. The first-order chi connectivity index (χ1) is 11.6. The zero-order valence-corrected chi connectivity index (χ0v) is 14.7. The van der Waals surface area contributed by atoms with E-state index in [1.165, 1.54) is 51.4 Å². The van der Waals surface area contributed by atoms with Crippen LogP contribution in [0.2, 0.25) is 0 Å². The van der Waals surface area contributed by atoms with E-state index < -0.39 is 17.5 Å². The smallest absolute Gasteiger partial charge is 0.194 e. The lowest BCUT2D eigenvalue weighted by molar-refractivity contribution is 0.250. The Balaban J connectivity index is 1.68. The Morgan fingerprint density at radius 2 is 1.50 bits per heavy atom. The summed E-state index contributed by atoms with van der Waals surface area (Å²) in [7, 11) is 0. The first kappa shape index (κ1) is 19.1. The minimum absolute atomic E-state index is 0.381. The standard InChI is InChI=1S/C21H29F3/c1-2-3-4-7-16-10-12-17(13-11-16)8-5-6-9-18-14-19(22)21(24)20(23)15-18/h6,9,14-17H,2-5,7-8,10-13H2,1H3/b9-6-. The summed E-state index contributed by atoms with van der Waals surface area (Å²) in [6, 6.07) is 2.08. The van der Waals surface area contributed by atoms with Crippen LogP contribution in [0.4, 0.5) is 13.2 Å². The lowest BCUT2D eigenvalue weighted by Crippen LogP contribution is -2.14. The van der Waals surface area contributed by atoms with Crippen LogP contribution < -0.4 is 0 Å². The fourth-order valence-electron chi connectivity index (χ4n) is 3.71. The highest BCUT2D eigenvalue weighted by Crippen LogP contribution is 2.34. The predicted octanol–water partition coefficient (Wildman–Crippen LogP) is 7.28. The lowest BCUT2D eigenvalue weighted by atomic mass is 9.78. The van der Waals surface area contributed by atoms with Crippen LogP contribution in [0.1, 0.15) is 76.7 Å². The molecule has 1 aromatic rings. The second-order valence-electron chi connectivity index (χ2n) is 7.16. The number of hydrogen-bond acceptors (Lipinski definition) is 0. The van der Waals surface area contributed by atoms with Crippen molar-refractivity contribution in [1.29, 1.82) is 0 Å². The third kappa shape index (κ3) is 5.99. The van der Waals surface area contributed by atoms with Crippen LogP contribution in [0.15, 0.2) is 18.2 Å². The van der Waals surface area contributed by atoms with Crippen molar-refractivity contribution in [3.8, 4) is 0 Å². The fraction of sp³-hybridized carbons (Fsp3) is 0.619. The van der Waals surface area contributed by atoms with Gasteiger partial charge in [-0.15, -0.1) is 0 Å². The van der Waals surface area contributed by atoms with Crippen molar-refractivity contribution >= 4 is 6.08 Å². The summed E-state index contributed by atoms with van der Waals surface area (Å²) < 4.78 is 39.2. The number of unbranched alkanes of at least 4 members (excludes halogenated alkanes) is 2. The minimum Gasteiger partial charge on any atom is -0.204 e. The molecule has 0 aromatic heterocycles. The SMILES string of the molecule is CCCCCC1CCC(CC/C=C\c2cc(F)c(F)c(F)c2)CC1. The molecule has 1 aromatic carbocycles.